The zero-order valence-electron chi connectivity index (χ0n) is 7.32. The first-order valence-corrected chi connectivity index (χ1v) is 3.99. The highest BCUT2D eigenvalue weighted by Crippen LogP contribution is 2.06. The molecule has 1 rings (SSSR count). The van der Waals surface area contributed by atoms with Crippen LogP contribution < -0.4 is 0 Å². The average Bonchev–Trinajstić information content (AvgIpc) is 2.04. The summed E-state index contributed by atoms with van der Waals surface area (Å²) in [6.07, 6.45) is 4.71. The van der Waals surface area contributed by atoms with E-state index in [0.717, 1.165) is 18.4 Å². The first kappa shape index (κ1) is 8.84. The summed E-state index contributed by atoms with van der Waals surface area (Å²) in [5, 5.41) is 0. The van der Waals surface area contributed by atoms with Crippen molar-refractivity contribution in [3.8, 4) is 0 Å². The van der Waals surface area contributed by atoms with Crippen molar-refractivity contribution in [3.63, 3.8) is 0 Å². The van der Waals surface area contributed by atoms with Crippen LogP contribution in [-0.2, 0) is 6.42 Å². The molecular weight excluding hydrogens is 152 g/mol. The van der Waals surface area contributed by atoms with Gasteiger partial charge >= 0.3 is 0 Å². The molecule has 0 aliphatic rings. The van der Waals surface area contributed by atoms with Gasteiger partial charge in [-0.3, -0.25) is 9.78 Å². The van der Waals surface area contributed by atoms with E-state index < -0.39 is 0 Å². The Morgan fingerprint density at radius 3 is 2.67 bits per heavy atom. The molecule has 0 aromatic carbocycles. The van der Waals surface area contributed by atoms with Gasteiger partial charge in [-0.05, 0) is 12.3 Å². The first-order chi connectivity index (χ1) is 5.74. The van der Waals surface area contributed by atoms with Crippen molar-refractivity contribution < 1.29 is 4.79 Å². The molecule has 0 bridgehead atoms. The van der Waals surface area contributed by atoms with Crippen LogP contribution in [0, 0.1) is 5.92 Å². The SMILES string of the molecule is CC(C)Cc1nccnc1C=O. The van der Waals surface area contributed by atoms with Gasteiger partial charge in [0.2, 0.25) is 0 Å². The van der Waals surface area contributed by atoms with Crippen molar-refractivity contribution in [2.45, 2.75) is 20.3 Å². The predicted octanol–water partition coefficient (Wildman–Crippen LogP) is 1.49. The third kappa shape index (κ3) is 2.12. The Labute approximate surface area is 71.9 Å². The fourth-order valence-electron chi connectivity index (χ4n) is 1.02. The molecule has 1 heterocycles. The van der Waals surface area contributed by atoms with Gasteiger partial charge in [-0.2, -0.15) is 0 Å². The summed E-state index contributed by atoms with van der Waals surface area (Å²) in [5.41, 5.74) is 1.26. The molecular formula is C9H12N2O. The minimum atomic E-state index is 0.464. The van der Waals surface area contributed by atoms with Gasteiger partial charge in [0.05, 0.1) is 5.69 Å². The molecule has 0 fully saturated rings. The number of rotatable bonds is 3. The Bertz CT molecular complexity index is 271. The highest BCUT2D eigenvalue weighted by Gasteiger charge is 2.05. The fourth-order valence-corrected chi connectivity index (χ4v) is 1.02. The van der Waals surface area contributed by atoms with Crippen molar-refractivity contribution in [1.29, 1.82) is 0 Å². The number of nitrogens with zero attached hydrogens (tertiary/aromatic N) is 2. The lowest BCUT2D eigenvalue weighted by molar-refractivity contribution is 0.111. The summed E-state index contributed by atoms with van der Waals surface area (Å²) >= 11 is 0. The van der Waals surface area contributed by atoms with Gasteiger partial charge in [0.15, 0.2) is 6.29 Å². The third-order valence-electron chi connectivity index (χ3n) is 1.52. The maximum Gasteiger partial charge on any atom is 0.170 e. The van der Waals surface area contributed by atoms with Crippen molar-refractivity contribution in [3.05, 3.63) is 23.8 Å². The van der Waals surface area contributed by atoms with Crippen LogP contribution in [0.15, 0.2) is 12.4 Å². The normalized spacial score (nSPS) is 10.2. The van der Waals surface area contributed by atoms with Crippen molar-refractivity contribution in [1.82, 2.24) is 9.97 Å². The molecule has 0 saturated heterocycles. The third-order valence-corrected chi connectivity index (χ3v) is 1.52. The molecule has 0 aliphatic carbocycles. The molecule has 64 valence electrons. The molecule has 0 saturated carbocycles. The van der Waals surface area contributed by atoms with Crippen LogP contribution in [0.1, 0.15) is 30.0 Å². The Morgan fingerprint density at radius 2 is 2.08 bits per heavy atom. The zero-order chi connectivity index (χ0) is 8.97. The second-order valence-electron chi connectivity index (χ2n) is 3.10. The van der Waals surface area contributed by atoms with E-state index in [1.165, 1.54) is 6.20 Å². The Morgan fingerprint density at radius 1 is 1.42 bits per heavy atom. The molecule has 0 N–H and O–H groups in total. The maximum absolute atomic E-state index is 10.5. The van der Waals surface area contributed by atoms with Crippen LogP contribution in [0.3, 0.4) is 0 Å². The number of carbonyl (C=O) groups excluding carboxylic acids is 1. The Balaban J connectivity index is 2.89. The second-order valence-corrected chi connectivity index (χ2v) is 3.10. The average molecular weight is 164 g/mol. The van der Waals surface area contributed by atoms with E-state index in [-0.39, 0.29) is 0 Å². The smallest absolute Gasteiger partial charge is 0.170 e. The predicted molar refractivity (Wildman–Crippen MR) is 46.0 cm³/mol. The minimum absolute atomic E-state index is 0.464. The van der Waals surface area contributed by atoms with Crippen LogP contribution in [0.25, 0.3) is 0 Å². The Hall–Kier alpha value is -1.25. The molecule has 1 aromatic heterocycles. The van der Waals surface area contributed by atoms with Gasteiger partial charge in [0.1, 0.15) is 5.69 Å². The van der Waals surface area contributed by atoms with Crippen LogP contribution >= 0.6 is 0 Å². The van der Waals surface area contributed by atoms with Crippen molar-refractivity contribution in [2.24, 2.45) is 5.92 Å². The van der Waals surface area contributed by atoms with E-state index in [1.807, 2.05) is 0 Å². The molecule has 3 nitrogen and oxygen atoms in total. The lowest BCUT2D eigenvalue weighted by Gasteiger charge is -2.04. The summed E-state index contributed by atoms with van der Waals surface area (Å²) in [6, 6.07) is 0. The number of hydrogen-bond donors (Lipinski definition) is 0. The van der Waals surface area contributed by atoms with Gasteiger partial charge in [-0.1, -0.05) is 13.8 Å². The first-order valence-electron chi connectivity index (χ1n) is 3.99. The quantitative estimate of drug-likeness (QED) is 0.635. The van der Waals surface area contributed by atoms with Crippen LogP contribution in [0.2, 0.25) is 0 Å². The molecule has 0 unspecified atom stereocenters. The second kappa shape index (κ2) is 3.95. The van der Waals surface area contributed by atoms with E-state index >= 15 is 0 Å². The maximum atomic E-state index is 10.5. The monoisotopic (exact) mass is 164 g/mol. The van der Waals surface area contributed by atoms with Crippen LogP contribution in [0.5, 0.6) is 0 Å². The molecule has 3 heteroatoms. The van der Waals surface area contributed by atoms with Crippen molar-refractivity contribution >= 4 is 6.29 Å². The topological polar surface area (TPSA) is 42.9 Å². The number of aromatic nitrogens is 2. The van der Waals surface area contributed by atoms with Gasteiger partial charge in [-0.25, -0.2) is 4.98 Å². The molecule has 0 radical (unpaired) electrons. The molecule has 0 amide bonds. The van der Waals surface area contributed by atoms with Crippen molar-refractivity contribution in [2.75, 3.05) is 0 Å². The zero-order valence-corrected chi connectivity index (χ0v) is 7.32. The molecule has 12 heavy (non-hydrogen) atoms. The number of aldehydes is 1. The highest BCUT2D eigenvalue weighted by molar-refractivity contribution is 5.73. The van der Waals surface area contributed by atoms with E-state index in [0.29, 0.717) is 11.6 Å². The summed E-state index contributed by atoms with van der Waals surface area (Å²) in [4.78, 5) is 18.5. The summed E-state index contributed by atoms with van der Waals surface area (Å²) in [7, 11) is 0. The van der Waals surface area contributed by atoms with Gasteiger partial charge < -0.3 is 0 Å². The lowest BCUT2D eigenvalue weighted by Crippen LogP contribution is -2.03. The summed E-state index contributed by atoms with van der Waals surface area (Å²) in [6.45, 7) is 4.17. The molecule has 0 spiro atoms. The molecule has 0 atom stereocenters. The van der Waals surface area contributed by atoms with Gasteiger partial charge in [-0.15, -0.1) is 0 Å². The van der Waals surface area contributed by atoms with Gasteiger partial charge in [0, 0.05) is 12.4 Å². The molecule has 1 aromatic rings. The number of hydrogen-bond acceptors (Lipinski definition) is 3. The standard InChI is InChI=1S/C9H12N2O/c1-7(2)5-8-9(6-12)11-4-3-10-8/h3-4,6-7H,5H2,1-2H3. The largest absolute Gasteiger partial charge is 0.296 e. The van der Waals surface area contributed by atoms with Crippen LogP contribution in [-0.4, -0.2) is 16.3 Å². The fraction of sp³-hybridized carbons (Fsp3) is 0.444. The highest BCUT2D eigenvalue weighted by atomic mass is 16.1. The van der Waals surface area contributed by atoms with Crippen LogP contribution in [0.4, 0.5) is 0 Å². The number of carbonyl (C=O) groups is 1. The van der Waals surface area contributed by atoms with E-state index in [2.05, 4.69) is 23.8 Å². The van der Waals surface area contributed by atoms with Gasteiger partial charge in [0.25, 0.3) is 0 Å². The summed E-state index contributed by atoms with van der Waals surface area (Å²) < 4.78 is 0. The lowest BCUT2D eigenvalue weighted by atomic mass is 10.1. The minimum Gasteiger partial charge on any atom is -0.296 e. The van der Waals surface area contributed by atoms with E-state index in [1.54, 1.807) is 6.20 Å². The van der Waals surface area contributed by atoms with E-state index in [4.69, 9.17) is 0 Å². The van der Waals surface area contributed by atoms with E-state index in [9.17, 15) is 4.79 Å². The summed E-state index contributed by atoms with van der Waals surface area (Å²) in [5.74, 6) is 0.500. The molecule has 0 aliphatic heterocycles. The Kier molecular flexibility index (Phi) is 2.91.